The van der Waals surface area contributed by atoms with Crippen molar-refractivity contribution in [3.63, 3.8) is 0 Å². The molecule has 1 heterocycles. The van der Waals surface area contributed by atoms with Gasteiger partial charge >= 0.3 is 5.97 Å². The zero-order chi connectivity index (χ0) is 26.1. The number of carbonyl (C=O) groups is 3. The smallest absolute Gasteiger partial charge is 0.339 e. The molecule has 0 saturated carbocycles. The molecule has 3 rings (SSSR count). The van der Waals surface area contributed by atoms with Gasteiger partial charge in [-0.05, 0) is 42.3 Å². The lowest BCUT2D eigenvalue weighted by Crippen LogP contribution is -2.31. The van der Waals surface area contributed by atoms with Gasteiger partial charge in [-0.15, -0.1) is 0 Å². The topological polar surface area (TPSA) is 140 Å². The van der Waals surface area contributed by atoms with Crippen molar-refractivity contribution in [1.29, 1.82) is 5.26 Å². The number of carbonyl (C=O) groups excluding carboxylic acids is 3. The molecule has 0 bridgehead atoms. The van der Waals surface area contributed by atoms with E-state index < -0.39 is 24.0 Å². The van der Waals surface area contributed by atoms with E-state index in [4.69, 9.17) is 4.74 Å². The van der Waals surface area contributed by atoms with Crippen LogP contribution in [0.1, 0.15) is 31.8 Å². The number of hydrogen-bond donors (Lipinski definition) is 2. The molecule has 0 spiro atoms. The van der Waals surface area contributed by atoms with Gasteiger partial charge in [0.25, 0.3) is 11.5 Å². The van der Waals surface area contributed by atoms with Gasteiger partial charge in [0.1, 0.15) is 23.9 Å². The minimum absolute atomic E-state index is 0.0434. The summed E-state index contributed by atoms with van der Waals surface area (Å²) in [5.41, 5.74) is 0.440. The number of ether oxygens (including phenoxy) is 2. The second kappa shape index (κ2) is 12.0. The Morgan fingerprint density at radius 3 is 2.44 bits per heavy atom. The van der Waals surface area contributed by atoms with Crippen molar-refractivity contribution in [2.75, 3.05) is 26.1 Å². The lowest BCUT2D eigenvalue weighted by molar-refractivity contribution is -0.116. The van der Waals surface area contributed by atoms with E-state index >= 15 is 0 Å². The van der Waals surface area contributed by atoms with E-state index in [1.807, 2.05) is 24.3 Å². The quantitative estimate of drug-likeness (QED) is 0.440. The van der Waals surface area contributed by atoms with Crippen molar-refractivity contribution < 1.29 is 23.9 Å². The molecule has 0 atom stereocenters. The largest absolute Gasteiger partial charge is 0.497 e. The maximum atomic E-state index is 12.8. The van der Waals surface area contributed by atoms with Gasteiger partial charge in [0.15, 0.2) is 0 Å². The third-order valence-corrected chi connectivity index (χ3v) is 5.25. The molecule has 184 valence electrons. The number of benzene rings is 2. The average molecular weight is 489 g/mol. The summed E-state index contributed by atoms with van der Waals surface area (Å²) in [6, 6.07) is 16.8. The maximum absolute atomic E-state index is 12.8. The summed E-state index contributed by atoms with van der Waals surface area (Å²) in [7, 11) is 2.75. The number of aromatic nitrogens is 1. The van der Waals surface area contributed by atoms with E-state index in [0.717, 1.165) is 35.3 Å². The van der Waals surface area contributed by atoms with E-state index in [9.17, 15) is 24.4 Å². The fourth-order valence-electron chi connectivity index (χ4n) is 3.41. The Balaban J connectivity index is 1.68. The number of hydrogen-bond acceptors (Lipinski definition) is 7. The molecular formula is C26H24N4O6. The van der Waals surface area contributed by atoms with Crippen molar-refractivity contribution in [1.82, 2.24) is 9.88 Å². The van der Waals surface area contributed by atoms with E-state index in [2.05, 4.69) is 15.4 Å². The maximum Gasteiger partial charge on any atom is 0.339 e. The van der Waals surface area contributed by atoms with Crippen LogP contribution < -0.4 is 20.9 Å². The average Bonchev–Trinajstić information content (AvgIpc) is 2.89. The Morgan fingerprint density at radius 1 is 1.06 bits per heavy atom. The second-order valence-corrected chi connectivity index (χ2v) is 7.63. The molecule has 1 aromatic heterocycles. The molecule has 10 heteroatoms. The molecule has 0 radical (unpaired) electrons. The predicted molar refractivity (Wildman–Crippen MR) is 131 cm³/mol. The highest BCUT2D eigenvalue weighted by molar-refractivity contribution is 6.03. The highest BCUT2D eigenvalue weighted by Gasteiger charge is 2.17. The van der Waals surface area contributed by atoms with E-state index in [1.54, 1.807) is 37.4 Å². The fourth-order valence-corrected chi connectivity index (χ4v) is 3.41. The van der Waals surface area contributed by atoms with Crippen LogP contribution in [0.3, 0.4) is 0 Å². The van der Waals surface area contributed by atoms with Crippen molar-refractivity contribution in [3.05, 3.63) is 93.4 Å². The summed E-state index contributed by atoms with van der Waals surface area (Å²) < 4.78 is 10.7. The van der Waals surface area contributed by atoms with E-state index in [0.29, 0.717) is 13.0 Å². The van der Waals surface area contributed by atoms with Gasteiger partial charge < -0.3 is 24.7 Å². The molecule has 2 N–H and O–H groups in total. The Bertz CT molecular complexity index is 1370. The summed E-state index contributed by atoms with van der Waals surface area (Å²) in [6.45, 7) is -0.105. The second-order valence-electron chi connectivity index (χ2n) is 7.63. The Labute approximate surface area is 207 Å². The van der Waals surface area contributed by atoms with Gasteiger partial charge in [0, 0.05) is 12.7 Å². The molecule has 0 aliphatic rings. The van der Waals surface area contributed by atoms with Crippen molar-refractivity contribution >= 4 is 23.5 Å². The molecule has 3 aromatic rings. The molecule has 36 heavy (non-hydrogen) atoms. The molecule has 10 nitrogen and oxygen atoms in total. The molecule has 2 amide bonds. The van der Waals surface area contributed by atoms with Crippen LogP contribution in [0.15, 0.2) is 65.6 Å². The summed E-state index contributed by atoms with van der Waals surface area (Å²) in [6.07, 6.45) is 1.75. The molecular weight excluding hydrogens is 464 g/mol. The van der Waals surface area contributed by atoms with Crippen LogP contribution in [0.2, 0.25) is 0 Å². The number of pyridine rings is 1. The molecule has 0 aliphatic heterocycles. The Morgan fingerprint density at radius 2 is 1.78 bits per heavy atom. The van der Waals surface area contributed by atoms with Crippen LogP contribution in [0.5, 0.6) is 5.75 Å². The summed E-state index contributed by atoms with van der Waals surface area (Å²) >= 11 is 0. The third kappa shape index (κ3) is 6.36. The number of esters is 1. The summed E-state index contributed by atoms with van der Waals surface area (Å²) in [5, 5.41) is 14.6. The van der Waals surface area contributed by atoms with Crippen molar-refractivity contribution in [2.45, 2.75) is 13.0 Å². The minimum atomic E-state index is -0.752. The highest BCUT2D eigenvalue weighted by atomic mass is 16.5. The SMILES string of the molecule is COC(=O)c1cc(C#N)c(=O)n(CC(=O)Nc2ccccc2C(=O)NCCc2ccc(OC)cc2)c1. The van der Waals surface area contributed by atoms with Gasteiger partial charge in [0.05, 0.1) is 31.0 Å². The first-order chi connectivity index (χ1) is 17.4. The summed E-state index contributed by atoms with van der Waals surface area (Å²) in [5.74, 6) is -1.01. The van der Waals surface area contributed by atoms with Crippen LogP contribution in [0, 0.1) is 11.3 Å². The number of nitriles is 1. The first-order valence-electron chi connectivity index (χ1n) is 10.9. The number of amides is 2. The zero-order valence-electron chi connectivity index (χ0n) is 19.7. The number of anilines is 1. The molecule has 0 fully saturated rings. The van der Waals surface area contributed by atoms with Gasteiger partial charge in [-0.1, -0.05) is 24.3 Å². The number of nitrogens with one attached hydrogen (secondary N) is 2. The molecule has 0 saturated heterocycles. The van der Waals surface area contributed by atoms with E-state index in [-0.39, 0.29) is 28.3 Å². The molecule has 0 unspecified atom stereocenters. The van der Waals surface area contributed by atoms with Crippen LogP contribution in [-0.2, 0) is 22.5 Å². The van der Waals surface area contributed by atoms with Crippen LogP contribution in [0.25, 0.3) is 0 Å². The number of para-hydroxylation sites is 1. The van der Waals surface area contributed by atoms with Gasteiger partial charge in [-0.2, -0.15) is 5.26 Å². The normalized spacial score (nSPS) is 10.1. The highest BCUT2D eigenvalue weighted by Crippen LogP contribution is 2.16. The van der Waals surface area contributed by atoms with Gasteiger partial charge in [-0.3, -0.25) is 14.4 Å². The number of methoxy groups -OCH3 is 2. The lowest BCUT2D eigenvalue weighted by atomic mass is 10.1. The number of rotatable bonds is 9. The van der Waals surface area contributed by atoms with Gasteiger partial charge in [-0.25, -0.2) is 4.79 Å². The first-order valence-corrected chi connectivity index (χ1v) is 10.9. The monoisotopic (exact) mass is 488 g/mol. The third-order valence-electron chi connectivity index (χ3n) is 5.25. The van der Waals surface area contributed by atoms with E-state index in [1.165, 1.54) is 0 Å². The number of nitrogens with zero attached hydrogens (tertiary/aromatic N) is 2. The van der Waals surface area contributed by atoms with Crippen molar-refractivity contribution in [3.8, 4) is 11.8 Å². The summed E-state index contributed by atoms with van der Waals surface area (Å²) in [4.78, 5) is 49.7. The molecule has 2 aromatic carbocycles. The minimum Gasteiger partial charge on any atom is -0.497 e. The van der Waals surface area contributed by atoms with Crippen LogP contribution in [-0.4, -0.2) is 43.1 Å². The fraction of sp³-hybridized carbons (Fsp3) is 0.192. The Hall–Kier alpha value is -4.91. The Kier molecular flexibility index (Phi) is 8.56. The zero-order valence-corrected chi connectivity index (χ0v) is 19.7. The van der Waals surface area contributed by atoms with Crippen molar-refractivity contribution in [2.24, 2.45) is 0 Å². The van der Waals surface area contributed by atoms with Crippen LogP contribution in [0.4, 0.5) is 5.69 Å². The lowest BCUT2D eigenvalue weighted by Gasteiger charge is -2.13. The predicted octanol–water partition coefficient (Wildman–Crippen LogP) is 2.13. The van der Waals surface area contributed by atoms with Crippen LogP contribution >= 0.6 is 0 Å². The van der Waals surface area contributed by atoms with Gasteiger partial charge in [0.2, 0.25) is 5.91 Å². The standard InChI is InChI=1S/C26H24N4O6/c1-35-20-9-7-17(8-10-20)11-12-28-24(32)21-5-3-4-6-22(21)29-23(31)16-30-15-19(26(34)36-2)13-18(14-27)25(30)33/h3-10,13,15H,11-12,16H2,1-2H3,(H,28,32)(H,29,31). The molecule has 0 aliphatic carbocycles. The first kappa shape index (κ1) is 25.7.